The molecule has 1 saturated carbocycles. The van der Waals surface area contributed by atoms with Crippen LogP contribution in [0.5, 0.6) is 0 Å². The van der Waals surface area contributed by atoms with E-state index in [1.54, 1.807) is 0 Å². The lowest BCUT2D eigenvalue weighted by Gasteiger charge is -2.19. The quantitative estimate of drug-likeness (QED) is 0.697. The molecule has 1 N–H and O–H groups in total. The van der Waals surface area contributed by atoms with Crippen molar-refractivity contribution in [3.05, 3.63) is 0 Å². The predicted octanol–water partition coefficient (Wildman–Crippen LogP) is 2.50. The molecule has 0 bridgehead atoms. The number of likely N-dealkylation sites (N-methyl/N-ethyl adjacent to an activating group) is 1. The van der Waals surface area contributed by atoms with Gasteiger partial charge in [-0.05, 0) is 38.8 Å². The fraction of sp³-hybridized carbons (Fsp3) is 1.00. The summed E-state index contributed by atoms with van der Waals surface area (Å²) in [6, 6.07) is 0.823. The minimum atomic E-state index is 0.823. The first-order chi connectivity index (χ1) is 7.18. The highest BCUT2D eigenvalue weighted by Gasteiger charge is 2.13. The Labute approximate surface area is 95.4 Å². The van der Waals surface area contributed by atoms with Gasteiger partial charge in [-0.2, -0.15) is 0 Å². The fourth-order valence-electron chi connectivity index (χ4n) is 2.18. The summed E-state index contributed by atoms with van der Waals surface area (Å²) in [6.07, 6.45) is 6.98. The number of rotatable bonds is 7. The minimum Gasteiger partial charge on any atom is -0.313 e. The van der Waals surface area contributed by atoms with Crippen molar-refractivity contribution < 1.29 is 0 Å². The molecule has 0 aromatic rings. The Morgan fingerprint density at radius 2 is 1.87 bits per heavy atom. The Kier molecular flexibility index (Phi) is 6.26. The van der Waals surface area contributed by atoms with Crippen LogP contribution in [0.15, 0.2) is 0 Å². The Bertz CT molecular complexity index is 151. The van der Waals surface area contributed by atoms with Crippen molar-refractivity contribution in [1.29, 1.82) is 0 Å². The number of hydrogen-bond donors (Lipinski definition) is 1. The Hall–Kier alpha value is -0.0800. The summed E-state index contributed by atoms with van der Waals surface area (Å²) in [5, 5.41) is 3.66. The van der Waals surface area contributed by atoms with Gasteiger partial charge in [0.2, 0.25) is 0 Å². The molecule has 0 aliphatic heterocycles. The highest BCUT2D eigenvalue weighted by molar-refractivity contribution is 4.73. The van der Waals surface area contributed by atoms with E-state index in [4.69, 9.17) is 0 Å². The lowest BCUT2D eigenvalue weighted by atomic mass is 10.1. The summed E-state index contributed by atoms with van der Waals surface area (Å²) in [6.45, 7) is 8.20. The van der Waals surface area contributed by atoms with Gasteiger partial charge in [-0.3, -0.25) is 0 Å². The second-order valence-electron chi connectivity index (χ2n) is 5.42. The number of nitrogens with zero attached hydrogens (tertiary/aromatic N) is 1. The molecule has 1 aliphatic rings. The topological polar surface area (TPSA) is 15.3 Å². The number of hydrogen-bond acceptors (Lipinski definition) is 2. The summed E-state index contributed by atoms with van der Waals surface area (Å²) in [7, 11) is 2.23. The van der Waals surface area contributed by atoms with Gasteiger partial charge < -0.3 is 10.2 Å². The van der Waals surface area contributed by atoms with Crippen LogP contribution in [0.1, 0.15) is 46.0 Å². The lowest BCUT2D eigenvalue weighted by Crippen LogP contribution is -2.34. The van der Waals surface area contributed by atoms with E-state index < -0.39 is 0 Å². The van der Waals surface area contributed by atoms with Crippen LogP contribution in [-0.2, 0) is 0 Å². The molecule has 1 aliphatic carbocycles. The van der Waals surface area contributed by atoms with Crippen LogP contribution in [0.4, 0.5) is 0 Å². The molecule has 0 heterocycles. The molecule has 0 aromatic carbocycles. The second kappa shape index (κ2) is 7.24. The summed E-state index contributed by atoms with van der Waals surface area (Å²) in [4.78, 5) is 2.45. The van der Waals surface area contributed by atoms with E-state index in [1.165, 1.54) is 51.7 Å². The van der Waals surface area contributed by atoms with Crippen LogP contribution >= 0.6 is 0 Å². The van der Waals surface area contributed by atoms with Crippen LogP contribution in [0.25, 0.3) is 0 Å². The normalized spacial score (nSPS) is 18.2. The van der Waals surface area contributed by atoms with Crippen molar-refractivity contribution in [2.24, 2.45) is 5.92 Å². The molecule has 90 valence electrons. The number of nitrogens with one attached hydrogen (secondary N) is 1. The van der Waals surface area contributed by atoms with Crippen molar-refractivity contribution >= 4 is 0 Å². The van der Waals surface area contributed by atoms with Crippen molar-refractivity contribution in [3.8, 4) is 0 Å². The van der Waals surface area contributed by atoms with Crippen LogP contribution in [0, 0.1) is 5.92 Å². The molecule has 0 atom stereocenters. The summed E-state index contributed by atoms with van der Waals surface area (Å²) in [5.74, 6) is 0.829. The van der Waals surface area contributed by atoms with E-state index in [9.17, 15) is 0 Å². The first-order valence-electron chi connectivity index (χ1n) is 6.60. The molecule has 1 fully saturated rings. The molecule has 2 nitrogen and oxygen atoms in total. The highest BCUT2D eigenvalue weighted by atomic mass is 15.1. The molecule has 2 heteroatoms. The van der Waals surface area contributed by atoms with Crippen molar-refractivity contribution in [2.75, 3.05) is 26.7 Å². The van der Waals surface area contributed by atoms with E-state index in [0.29, 0.717) is 0 Å². The zero-order valence-electron chi connectivity index (χ0n) is 10.8. The minimum absolute atomic E-state index is 0.823. The van der Waals surface area contributed by atoms with Gasteiger partial charge >= 0.3 is 0 Å². The maximum atomic E-state index is 3.66. The average molecular weight is 212 g/mol. The predicted molar refractivity (Wildman–Crippen MR) is 67.2 cm³/mol. The van der Waals surface area contributed by atoms with Gasteiger partial charge in [0.15, 0.2) is 0 Å². The molecule has 0 aromatic heterocycles. The fourth-order valence-corrected chi connectivity index (χ4v) is 2.18. The average Bonchev–Trinajstić information content (AvgIpc) is 2.67. The van der Waals surface area contributed by atoms with Gasteiger partial charge in [0.1, 0.15) is 0 Å². The Morgan fingerprint density at radius 1 is 1.20 bits per heavy atom. The van der Waals surface area contributed by atoms with Gasteiger partial charge in [0, 0.05) is 19.1 Å². The first kappa shape index (κ1) is 13.0. The van der Waals surface area contributed by atoms with Crippen LogP contribution < -0.4 is 5.32 Å². The van der Waals surface area contributed by atoms with E-state index in [0.717, 1.165) is 12.0 Å². The molecular weight excluding hydrogens is 184 g/mol. The maximum Gasteiger partial charge on any atom is 0.0104 e. The van der Waals surface area contributed by atoms with Crippen molar-refractivity contribution in [2.45, 2.75) is 52.0 Å². The van der Waals surface area contributed by atoms with Gasteiger partial charge in [-0.1, -0.05) is 26.7 Å². The van der Waals surface area contributed by atoms with E-state index in [1.807, 2.05) is 0 Å². The Morgan fingerprint density at radius 3 is 2.47 bits per heavy atom. The smallest absolute Gasteiger partial charge is 0.0104 e. The van der Waals surface area contributed by atoms with Crippen molar-refractivity contribution in [3.63, 3.8) is 0 Å². The molecule has 15 heavy (non-hydrogen) atoms. The highest BCUT2D eigenvalue weighted by Crippen LogP contribution is 2.17. The van der Waals surface area contributed by atoms with Gasteiger partial charge in [0.05, 0.1) is 0 Å². The molecule has 0 saturated heterocycles. The molecule has 0 spiro atoms. The zero-order chi connectivity index (χ0) is 11.1. The van der Waals surface area contributed by atoms with Gasteiger partial charge in [-0.15, -0.1) is 0 Å². The van der Waals surface area contributed by atoms with Crippen molar-refractivity contribution in [1.82, 2.24) is 10.2 Å². The van der Waals surface area contributed by atoms with E-state index in [2.05, 4.69) is 31.1 Å². The zero-order valence-corrected chi connectivity index (χ0v) is 10.8. The third-order valence-corrected chi connectivity index (χ3v) is 3.37. The molecule has 1 rings (SSSR count). The summed E-state index contributed by atoms with van der Waals surface area (Å²) in [5.41, 5.74) is 0. The van der Waals surface area contributed by atoms with Gasteiger partial charge in [-0.25, -0.2) is 0 Å². The van der Waals surface area contributed by atoms with E-state index in [-0.39, 0.29) is 0 Å². The summed E-state index contributed by atoms with van der Waals surface area (Å²) < 4.78 is 0. The van der Waals surface area contributed by atoms with E-state index >= 15 is 0 Å². The monoisotopic (exact) mass is 212 g/mol. The molecule has 0 amide bonds. The third-order valence-electron chi connectivity index (χ3n) is 3.37. The molecule has 0 unspecified atom stereocenters. The van der Waals surface area contributed by atoms with Crippen LogP contribution in [-0.4, -0.2) is 37.6 Å². The SMILES string of the molecule is CC(C)CCN(C)CCNC1CCCC1. The molecular formula is C13H28N2. The van der Waals surface area contributed by atoms with Crippen LogP contribution in [0.2, 0.25) is 0 Å². The Balaban J connectivity index is 1.93. The summed E-state index contributed by atoms with van der Waals surface area (Å²) >= 11 is 0. The van der Waals surface area contributed by atoms with Crippen LogP contribution in [0.3, 0.4) is 0 Å². The molecule has 0 radical (unpaired) electrons. The lowest BCUT2D eigenvalue weighted by molar-refractivity contribution is 0.303. The maximum absolute atomic E-state index is 3.66. The standard InChI is InChI=1S/C13H28N2/c1-12(2)8-10-15(3)11-9-14-13-6-4-5-7-13/h12-14H,4-11H2,1-3H3. The van der Waals surface area contributed by atoms with Gasteiger partial charge in [0.25, 0.3) is 0 Å². The largest absolute Gasteiger partial charge is 0.313 e. The third kappa shape index (κ3) is 6.16. The second-order valence-corrected chi connectivity index (χ2v) is 5.42. The first-order valence-corrected chi connectivity index (χ1v) is 6.60.